The standard InChI is InChI=1S/C19H14FN4.Cu/c1-12-5-2-8-15(23-12)18(20)16-9-4-7-14(24-16)13-6-3-10-17-19(13)22-11-21-17;/h2-11,18H,1H3;/q-1;+1. The molecule has 4 aromatic rings. The molecule has 0 amide bonds. The number of pyridine rings is 2. The Labute approximate surface area is 155 Å². The topological polar surface area (TPSA) is 52.8 Å². The Morgan fingerprint density at radius 1 is 0.920 bits per heavy atom. The predicted molar refractivity (Wildman–Crippen MR) is 90.2 cm³/mol. The molecule has 0 saturated heterocycles. The van der Waals surface area contributed by atoms with Crippen LogP contribution in [0.2, 0.25) is 0 Å². The van der Waals surface area contributed by atoms with Crippen molar-refractivity contribution in [1.29, 1.82) is 0 Å². The maximum Gasteiger partial charge on any atom is 1.00 e. The molecule has 1 aromatic carbocycles. The summed E-state index contributed by atoms with van der Waals surface area (Å²) in [6.45, 7) is 1.84. The maximum atomic E-state index is 14.8. The number of aryl methyl sites for hydroxylation is 1. The second kappa shape index (κ2) is 7.13. The Kier molecular flexibility index (Phi) is 4.93. The van der Waals surface area contributed by atoms with E-state index in [-0.39, 0.29) is 17.1 Å². The van der Waals surface area contributed by atoms with Gasteiger partial charge in [0.15, 0.2) is 6.17 Å². The third kappa shape index (κ3) is 3.31. The van der Waals surface area contributed by atoms with E-state index in [2.05, 4.69) is 19.9 Å². The van der Waals surface area contributed by atoms with Crippen molar-refractivity contribution in [2.24, 2.45) is 0 Å². The van der Waals surface area contributed by atoms with Crippen molar-refractivity contribution in [3.05, 3.63) is 78.0 Å². The molecule has 0 aliphatic heterocycles. The zero-order valence-electron chi connectivity index (χ0n) is 13.3. The van der Waals surface area contributed by atoms with Gasteiger partial charge in [-0.15, -0.1) is 0 Å². The van der Waals surface area contributed by atoms with Crippen molar-refractivity contribution in [2.45, 2.75) is 13.1 Å². The summed E-state index contributed by atoms with van der Waals surface area (Å²) in [7, 11) is 0. The summed E-state index contributed by atoms with van der Waals surface area (Å²) in [6, 6.07) is 16.4. The van der Waals surface area contributed by atoms with Crippen LogP contribution in [0.5, 0.6) is 0 Å². The number of benzene rings is 1. The molecule has 0 aliphatic rings. The summed E-state index contributed by atoms with van der Waals surface area (Å²) in [4.78, 5) is 17.2. The first-order valence-electron chi connectivity index (χ1n) is 7.64. The van der Waals surface area contributed by atoms with Gasteiger partial charge >= 0.3 is 17.1 Å². The summed E-state index contributed by atoms with van der Waals surface area (Å²) < 4.78 is 14.8. The van der Waals surface area contributed by atoms with Crippen LogP contribution in [-0.4, -0.2) is 15.0 Å². The number of aromatic nitrogens is 4. The molecule has 0 N–H and O–H groups in total. The molecule has 0 bridgehead atoms. The van der Waals surface area contributed by atoms with E-state index in [0.717, 1.165) is 22.3 Å². The molecule has 128 valence electrons. The van der Waals surface area contributed by atoms with Crippen LogP contribution in [0, 0.1) is 6.92 Å². The van der Waals surface area contributed by atoms with E-state index in [4.69, 9.17) is 0 Å². The largest absolute Gasteiger partial charge is 1.00 e. The van der Waals surface area contributed by atoms with Crippen molar-refractivity contribution >= 4 is 11.0 Å². The number of para-hydroxylation sites is 1. The van der Waals surface area contributed by atoms with Gasteiger partial charge in [-0.25, -0.2) is 9.37 Å². The smallest absolute Gasteiger partial charge is 0.443 e. The molecule has 0 radical (unpaired) electrons. The Balaban J connectivity index is 0.00000182. The quantitative estimate of drug-likeness (QED) is 0.504. The van der Waals surface area contributed by atoms with E-state index in [1.807, 2.05) is 37.3 Å². The van der Waals surface area contributed by atoms with Gasteiger partial charge in [-0.05, 0) is 42.2 Å². The summed E-state index contributed by atoms with van der Waals surface area (Å²) in [5.74, 6) is 0. The van der Waals surface area contributed by atoms with Gasteiger partial charge in [-0.3, -0.25) is 4.98 Å². The van der Waals surface area contributed by atoms with E-state index in [0.29, 0.717) is 17.1 Å². The third-order valence-corrected chi connectivity index (χ3v) is 3.87. The fourth-order valence-corrected chi connectivity index (χ4v) is 2.73. The number of rotatable bonds is 3. The van der Waals surface area contributed by atoms with Gasteiger partial charge in [-0.1, -0.05) is 36.7 Å². The van der Waals surface area contributed by atoms with Crippen molar-refractivity contribution in [3.63, 3.8) is 0 Å². The van der Waals surface area contributed by atoms with Crippen LogP contribution in [0.4, 0.5) is 4.39 Å². The molecule has 4 rings (SSSR count). The molecule has 1 unspecified atom stereocenters. The molecular weight excluding hydrogens is 367 g/mol. The second-order valence-corrected chi connectivity index (χ2v) is 5.56. The van der Waals surface area contributed by atoms with Gasteiger partial charge < -0.3 is 9.97 Å². The van der Waals surface area contributed by atoms with E-state index in [1.54, 1.807) is 24.3 Å². The number of hydrogen-bond acceptors (Lipinski definition) is 3. The molecular formula is C19H14CuFN4. The molecule has 25 heavy (non-hydrogen) atoms. The monoisotopic (exact) mass is 380 g/mol. The Bertz CT molecular complexity index is 1010. The van der Waals surface area contributed by atoms with Gasteiger partial charge in [0.25, 0.3) is 0 Å². The van der Waals surface area contributed by atoms with E-state index >= 15 is 0 Å². The van der Waals surface area contributed by atoms with Gasteiger partial charge in [0.1, 0.15) is 0 Å². The first-order chi connectivity index (χ1) is 11.7. The van der Waals surface area contributed by atoms with Gasteiger partial charge in [0.05, 0.1) is 17.1 Å². The van der Waals surface area contributed by atoms with E-state index in [1.165, 1.54) is 6.33 Å². The second-order valence-electron chi connectivity index (χ2n) is 5.56. The first-order valence-corrected chi connectivity index (χ1v) is 7.64. The summed E-state index contributed by atoms with van der Waals surface area (Å²) in [5, 5.41) is 0. The van der Waals surface area contributed by atoms with Gasteiger partial charge in [0, 0.05) is 11.3 Å². The fraction of sp³-hybridized carbons (Fsp3) is 0.105. The van der Waals surface area contributed by atoms with Crippen LogP contribution in [0.25, 0.3) is 22.3 Å². The number of nitrogens with zero attached hydrogens (tertiary/aromatic N) is 4. The van der Waals surface area contributed by atoms with Crippen LogP contribution in [0.15, 0.2) is 60.9 Å². The average Bonchev–Trinajstić information content (AvgIpc) is 3.10. The first kappa shape index (κ1) is 17.3. The summed E-state index contributed by atoms with van der Waals surface area (Å²) in [5.41, 5.74) is 4.57. The molecule has 4 nitrogen and oxygen atoms in total. The number of imidazole rings is 1. The zero-order chi connectivity index (χ0) is 16.5. The van der Waals surface area contributed by atoms with Crippen LogP contribution >= 0.6 is 0 Å². The molecule has 6 heteroatoms. The number of alkyl halides is 1. The van der Waals surface area contributed by atoms with Crippen molar-refractivity contribution < 1.29 is 21.5 Å². The van der Waals surface area contributed by atoms with Gasteiger partial charge in [-0.2, -0.15) is 0 Å². The molecule has 0 saturated carbocycles. The average molecular weight is 381 g/mol. The fourth-order valence-electron chi connectivity index (χ4n) is 2.73. The number of hydrogen-bond donors (Lipinski definition) is 0. The van der Waals surface area contributed by atoms with Crippen LogP contribution in [-0.2, 0) is 17.1 Å². The molecule has 1 atom stereocenters. The van der Waals surface area contributed by atoms with Crippen molar-refractivity contribution in [3.8, 4) is 11.3 Å². The Morgan fingerprint density at radius 2 is 1.64 bits per heavy atom. The van der Waals surface area contributed by atoms with Crippen molar-refractivity contribution in [2.75, 3.05) is 0 Å². The Hall–Kier alpha value is -2.56. The minimum absolute atomic E-state index is 0. The zero-order valence-corrected chi connectivity index (χ0v) is 14.3. The van der Waals surface area contributed by atoms with Crippen LogP contribution < -0.4 is 4.98 Å². The third-order valence-electron chi connectivity index (χ3n) is 3.87. The molecule has 3 heterocycles. The van der Waals surface area contributed by atoms with Crippen LogP contribution in [0.3, 0.4) is 0 Å². The van der Waals surface area contributed by atoms with Crippen molar-refractivity contribution in [1.82, 2.24) is 19.9 Å². The van der Waals surface area contributed by atoms with E-state index in [9.17, 15) is 4.39 Å². The molecule has 0 fully saturated rings. The normalized spacial score (nSPS) is 11.9. The maximum absolute atomic E-state index is 14.8. The molecule has 3 aromatic heterocycles. The summed E-state index contributed by atoms with van der Waals surface area (Å²) in [6.07, 6.45) is 0.155. The molecule has 0 aliphatic carbocycles. The Morgan fingerprint density at radius 3 is 2.44 bits per heavy atom. The summed E-state index contributed by atoms with van der Waals surface area (Å²) >= 11 is 0. The number of fused-ring (bicyclic) bond motifs is 1. The molecule has 0 spiro atoms. The minimum atomic E-state index is -1.37. The van der Waals surface area contributed by atoms with Crippen LogP contribution in [0.1, 0.15) is 23.3 Å². The SMILES string of the molecule is Cc1cccc(C(F)c2cccc(-c3cccc4nc[n-]c34)n2)n1.[Cu+]. The minimum Gasteiger partial charge on any atom is -0.443 e. The van der Waals surface area contributed by atoms with E-state index < -0.39 is 6.17 Å². The number of halogens is 1. The van der Waals surface area contributed by atoms with Gasteiger partial charge in [0.2, 0.25) is 0 Å². The predicted octanol–water partition coefficient (Wildman–Crippen LogP) is 4.01.